The highest BCUT2D eigenvalue weighted by atomic mass is 16.6. The molecule has 1 aliphatic carbocycles. The van der Waals surface area contributed by atoms with Crippen LogP contribution in [0.4, 0.5) is 17.3 Å². The Morgan fingerprint density at radius 1 is 1.40 bits per heavy atom. The van der Waals surface area contributed by atoms with E-state index in [4.69, 9.17) is 0 Å². The highest BCUT2D eigenvalue weighted by molar-refractivity contribution is 5.55. The molecule has 6 nitrogen and oxygen atoms in total. The predicted molar refractivity (Wildman–Crippen MR) is 80.1 cm³/mol. The number of rotatable bonds is 5. The molecule has 2 unspecified atom stereocenters. The van der Waals surface area contributed by atoms with Gasteiger partial charge >= 0.3 is 0 Å². The molecule has 0 amide bonds. The minimum Gasteiger partial charge on any atom is -0.370 e. The van der Waals surface area contributed by atoms with Gasteiger partial charge in [0.25, 0.3) is 5.69 Å². The average molecular weight is 278 g/mol. The molecule has 0 radical (unpaired) electrons. The molecule has 0 spiro atoms. The maximum absolute atomic E-state index is 11.0. The molecule has 1 aromatic heterocycles. The Labute approximate surface area is 119 Å². The summed E-state index contributed by atoms with van der Waals surface area (Å²) in [5.74, 6) is 1.84. The molecule has 0 bridgehead atoms. The van der Waals surface area contributed by atoms with Crippen LogP contribution in [0.15, 0.2) is 12.1 Å². The first-order valence-electron chi connectivity index (χ1n) is 7.25. The first-order valence-corrected chi connectivity index (χ1v) is 7.25. The monoisotopic (exact) mass is 278 g/mol. The Hall–Kier alpha value is -1.85. The summed E-state index contributed by atoms with van der Waals surface area (Å²) in [6.07, 6.45) is 4.67. The molecule has 6 heteroatoms. The Kier molecular flexibility index (Phi) is 4.76. The van der Waals surface area contributed by atoms with Gasteiger partial charge in [-0.1, -0.05) is 19.8 Å². The summed E-state index contributed by atoms with van der Waals surface area (Å²) in [6, 6.07) is 3.35. The smallest absolute Gasteiger partial charge is 0.276 e. The van der Waals surface area contributed by atoms with Crippen molar-refractivity contribution in [1.29, 1.82) is 0 Å². The van der Waals surface area contributed by atoms with Crippen LogP contribution >= 0.6 is 0 Å². The normalized spacial score (nSPS) is 22.3. The topological polar surface area (TPSA) is 80.1 Å². The second-order valence-corrected chi connectivity index (χ2v) is 5.50. The summed E-state index contributed by atoms with van der Waals surface area (Å²) in [4.78, 5) is 15.0. The molecule has 1 fully saturated rings. The molecular formula is C14H22N4O2. The Balaban J connectivity index is 2.14. The van der Waals surface area contributed by atoms with E-state index < -0.39 is 0 Å². The van der Waals surface area contributed by atoms with Gasteiger partial charge < -0.3 is 10.6 Å². The second kappa shape index (κ2) is 6.54. The predicted octanol–water partition coefficient (Wildman–Crippen LogP) is 3.41. The maximum atomic E-state index is 11.0. The third-order valence-electron chi connectivity index (χ3n) is 3.67. The lowest BCUT2D eigenvalue weighted by Gasteiger charge is -2.27. The molecule has 1 heterocycles. The van der Waals surface area contributed by atoms with Crippen LogP contribution in [0.3, 0.4) is 0 Å². The number of pyridine rings is 1. The molecular weight excluding hydrogens is 256 g/mol. The summed E-state index contributed by atoms with van der Waals surface area (Å²) in [5, 5.41) is 17.4. The first kappa shape index (κ1) is 14.6. The molecule has 110 valence electrons. The third kappa shape index (κ3) is 3.82. The lowest BCUT2D eigenvalue weighted by molar-refractivity contribution is -0.384. The summed E-state index contributed by atoms with van der Waals surface area (Å²) in [6.45, 7) is 4.88. The molecule has 0 saturated heterocycles. The average Bonchev–Trinajstić information content (AvgIpc) is 2.38. The second-order valence-electron chi connectivity index (χ2n) is 5.50. The number of nitrogens with one attached hydrogen (secondary N) is 2. The van der Waals surface area contributed by atoms with Gasteiger partial charge in [0.2, 0.25) is 0 Å². The van der Waals surface area contributed by atoms with E-state index in [9.17, 15) is 10.1 Å². The van der Waals surface area contributed by atoms with Crippen LogP contribution in [0.1, 0.15) is 39.5 Å². The van der Waals surface area contributed by atoms with E-state index >= 15 is 0 Å². The zero-order chi connectivity index (χ0) is 14.5. The van der Waals surface area contributed by atoms with Gasteiger partial charge in [0.05, 0.1) is 17.1 Å². The van der Waals surface area contributed by atoms with Crippen molar-refractivity contribution in [2.24, 2.45) is 5.92 Å². The van der Waals surface area contributed by atoms with Gasteiger partial charge in [0.1, 0.15) is 11.6 Å². The number of aromatic nitrogens is 1. The van der Waals surface area contributed by atoms with Gasteiger partial charge in [0, 0.05) is 12.6 Å². The molecule has 20 heavy (non-hydrogen) atoms. The van der Waals surface area contributed by atoms with E-state index in [1.807, 2.05) is 6.92 Å². The van der Waals surface area contributed by atoms with Gasteiger partial charge in [-0.25, -0.2) is 4.98 Å². The van der Waals surface area contributed by atoms with E-state index in [-0.39, 0.29) is 10.6 Å². The zero-order valence-electron chi connectivity index (χ0n) is 12.1. The fourth-order valence-electron chi connectivity index (χ4n) is 2.74. The third-order valence-corrected chi connectivity index (χ3v) is 3.67. The van der Waals surface area contributed by atoms with E-state index in [0.717, 1.165) is 12.8 Å². The molecule has 0 aliphatic heterocycles. The largest absolute Gasteiger partial charge is 0.370 e. The Morgan fingerprint density at radius 2 is 2.15 bits per heavy atom. The number of nitro groups is 1. The Morgan fingerprint density at radius 3 is 2.80 bits per heavy atom. The number of nitrogens with zero attached hydrogens (tertiary/aromatic N) is 2. The van der Waals surface area contributed by atoms with Crippen molar-refractivity contribution in [1.82, 2.24) is 4.98 Å². The van der Waals surface area contributed by atoms with Crippen LogP contribution in [-0.2, 0) is 0 Å². The van der Waals surface area contributed by atoms with Crippen molar-refractivity contribution >= 4 is 17.3 Å². The van der Waals surface area contributed by atoms with E-state index in [2.05, 4.69) is 22.5 Å². The summed E-state index contributed by atoms with van der Waals surface area (Å²) in [7, 11) is 0. The van der Waals surface area contributed by atoms with Gasteiger partial charge in [-0.3, -0.25) is 10.1 Å². The quantitative estimate of drug-likeness (QED) is 0.637. The molecule has 2 rings (SSSR count). The van der Waals surface area contributed by atoms with Crippen LogP contribution < -0.4 is 10.6 Å². The molecule has 1 aliphatic rings. The fourth-order valence-corrected chi connectivity index (χ4v) is 2.74. The van der Waals surface area contributed by atoms with E-state index in [1.54, 1.807) is 0 Å². The van der Waals surface area contributed by atoms with E-state index in [1.165, 1.54) is 25.0 Å². The lowest BCUT2D eigenvalue weighted by Crippen LogP contribution is -2.26. The molecule has 0 aromatic carbocycles. The van der Waals surface area contributed by atoms with Crippen LogP contribution in [0.25, 0.3) is 0 Å². The minimum absolute atomic E-state index is 0.0716. The van der Waals surface area contributed by atoms with Crippen molar-refractivity contribution in [2.75, 3.05) is 17.2 Å². The van der Waals surface area contributed by atoms with Crippen molar-refractivity contribution in [3.05, 3.63) is 22.2 Å². The number of hydrogen-bond acceptors (Lipinski definition) is 5. The molecule has 2 N–H and O–H groups in total. The highest BCUT2D eigenvalue weighted by Crippen LogP contribution is 2.27. The molecule has 1 saturated carbocycles. The standard InChI is InChI=1S/C14H22N4O2/c1-3-15-13-8-12(18(19)20)9-14(17-13)16-11-6-4-5-10(2)7-11/h8-11H,3-7H2,1-2H3,(H2,15,16,17). The van der Waals surface area contributed by atoms with Crippen LogP contribution in [-0.4, -0.2) is 22.5 Å². The highest BCUT2D eigenvalue weighted by Gasteiger charge is 2.20. The van der Waals surface area contributed by atoms with Crippen molar-refractivity contribution in [2.45, 2.75) is 45.6 Å². The maximum Gasteiger partial charge on any atom is 0.276 e. The fraction of sp³-hybridized carbons (Fsp3) is 0.643. The van der Waals surface area contributed by atoms with Gasteiger partial charge in [-0.05, 0) is 25.7 Å². The first-order chi connectivity index (χ1) is 9.58. The van der Waals surface area contributed by atoms with Crippen LogP contribution in [0, 0.1) is 16.0 Å². The molecule has 2 atom stereocenters. The number of anilines is 2. The van der Waals surface area contributed by atoms with E-state index in [0.29, 0.717) is 30.1 Å². The van der Waals surface area contributed by atoms with Gasteiger partial charge in [-0.15, -0.1) is 0 Å². The van der Waals surface area contributed by atoms with Crippen molar-refractivity contribution in [3.8, 4) is 0 Å². The van der Waals surface area contributed by atoms with Crippen LogP contribution in [0.2, 0.25) is 0 Å². The lowest BCUT2D eigenvalue weighted by atomic mass is 9.87. The zero-order valence-corrected chi connectivity index (χ0v) is 12.1. The minimum atomic E-state index is -0.378. The van der Waals surface area contributed by atoms with Crippen LogP contribution in [0.5, 0.6) is 0 Å². The van der Waals surface area contributed by atoms with Gasteiger partial charge in [0.15, 0.2) is 0 Å². The van der Waals surface area contributed by atoms with Gasteiger partial charge in [-0.2, -0.15) is 0 Å². The van der Waals surface area contributed by atoms with Crippen molar-refractivity contribution < 1.29 is 4.92 Å². The summed E-state index contributed by atoms with van der Waals surface area (Å²) in [5.41, 5.74) is 0.0716. The number of hydrogen-bond donors (Lipinski definition) is 2. The Bertz CT molecular complexity index is 478. The molecule has 1 aromatic rings. The SMILES string of the molecule is CCNc1cc([N+](=O)[O-])cc(NC2CCCC(C)C2)n1. The summed E-state index contributed by atoms with van der Waals surface area (Å²) < 4.78 is 0. The summed E-state index contributed by atoms with van der Waals surface area (Å²) >= 11 is 0. The van der Waals surface area contributed by atoms with Crippen molar-refractivity contribution in [3.63, 3.8) is 0 Å².